The Kier molecular flexibility index (Phi) is 4.83. The summed E-state index contributed by atoms with van der Waals surface area (Å²) in [5, 5.41) is 7.00. The highest BCUT2D eigenvalue weighted by atomic mass is 79.9. The van der Waals surface area contributed by atoms with Crippen molar-refractivity contribution in [3.63, 3.8) is 0 Å². The van der Waals surface area contributed by atoms with E-state index in [2.05, 4.69) is 44.8 Å². The molecular weight excluding hydrogens is 280 g/mol. The number of piperidine rings is 1. The molecule has 2 N–H and O–H groups in total. The van der Waals surface area contributed by atoms with Crippen LogP contribution >= 0.6 is 15.9 Å². The van der Waals surface area contributed by atoms with E-state index in [1.54, 1.807) is 7.11 Å². The molecule has 0 unspecified atom stereocenters. The molecule has 0 aliphatic carbocycles. The highest BCUT2D eigenvalue weighted by Crippen LogP contribution is 2.27. The first-order valence-corrected chi connectivity index (χ1v) is 6.84. The molecule has 94 valence electrons. The molecule has 1 aliphatic heterocycles. The zero-order chi connectivity index (χ0) is 12.1. The van der Waals surface area contributed by atoms with Crippen LogP contribution in [-0.4, -0.2) is 26.2 Å². The minimum atomic E-state index is 0.571. The van der Waals surface area contributed by atoms with E-state index in [1.807, 2.05) is 0 Å². The van der Waals surface area contributed by atoms with Gasteiger partial charge in [0, 0.05) is 28.9 Å². The molecule has 0 saturated carbocycles. The number of methoxy groups -OCH3 is 1. The topological polar surface area (TPSA) is 33.3 Å². The Morgan fingerprint density at radius 3 is 2.88 bits per heavy atom. The smallest absolute Gasteiger partial charge is 0.0744 e. The SMILES string of the molecule is COCc1c(Br)cccc1NC1CCNCC1. The summed E-state index contributed by atoms with van der Waals surface area (Å²) < 4.78 is 6.37. The molecule has 1 heterocycles. The largest absolute Gasteiger partial charge is 0.382 e. The highest BCUT2D eigenvalue weighted by Gasteiger charge is 2.14. The van der Waals surface area contributed by atoms with Gasteiger partial charge in [-0.2, -0.15) is 0 Å². The van der Waals surface area contributed by atoms with Crippen molar-refractivity contribution in [1.29, 1.82) is 0 Å². The van der Waals surface area contributed by atoms with Crippen molar-refractivity contribution in [3.8, 4) is 0 Å². The number of rotatable bonds is 4. The molecule has 1 aromatic carbocycles. The molecule has 4 heteroatoms. The van der Waals surface area contributed by atoms with E-state index in [0.717, 1.165) is 17.6 Å². The van der Waals surface area contributed by atoms with Gasteiger partial charge in [-0.15, -0.1) is 0 Å². The third-order valence-corrected chi connectivity index (χ3v) is 3.85. The van der Waals surface area contributed by atoms with Crippen molar-refractivity contribution in [2.75, 3.05) is 25.5 Å². The second-order valence-corrected chi connectivity index (χ2v) is 5.22. The van der Waals surface area contributed by atoms with Gasteiger partial charge in [-0.3, -0.25) is 0 Å². The minimum Gasteiger partial charge on any atom is -0.382 e. The first-order valence-electron chi connectivity index (χ1n) is 6.05. The maximum atomic E-state index is 5.26. The molecule has 1 saturated heterocycles. The Hall–Kier alpha value is -0.580. The van der Waals surface area contributed by atoms with E-state index in [9.17, 15) is 0 Å². The molecule has 0 amide bonds. The molecule has 0 spiro atoms. The summed E-state index contributed by atoms with van der Waals surface area (Å²) in [7, 11) is 1.73. The van der Waals surface area contributed by atoms with Crippen LogP contribution in [-0.2, 0) is 11.3 Å². The zero-order valence-corrected chi connectivity index (χ0v) is 11.7. The molecule has 3 nitrogen and oxygen atoms in total. The van der Waals surface area contributed by atoms with Gasteiger partial charge in [-0.05, 0) is 38.1 Å². The van der Waals surface area contributed by atoms with Crippen molar-refractivity contribution in [3.05, 3.63) is 28.2 Å². The van der Waals surface area contributed by atoms with Crippen LogP contribution in [0, 0.1) is 0 Å². The van der Waals surface area contributed by atoms with Crippen LogP contribution in [0.1, 0.15) is 18.4 Å². The number of nitrogens with one attached hydrogen (secondary N) is 2. The van der Waals surface area contributed by atoms with Crippen molar-refractivity contribution < 1.29 is 4.74 Å². The van der Waals surface area contributed by atoms with Gasteiger partial charge in [0.1, 0.15) is 0 Å². The van der Waals surface area contributed by atoms with Crippen molar-refractivity contribution in [2.24, 2.45) is 0 Å². The summed E-state index contributed by atoms with van der Waals surface area (Å²) in [5.41, 5.74) is 2.39. The molecular formula is C13H19BrN2O. The number of ether oxygens (including phenoxy) is 1. The highest BCUT2D eigenvalue weighted by molar-refractivity contribution is 9.10. The fourth-order valence-corrected chi connectivity index (χ4v) is 2.65. The Bertz CT molecular complexity index is 364. The third kappa shape index (κ3) is 3.44. The van der Waals surface area contributed by atoms with Crippen molar-refractivity contribution >= 4 is 21.6 Å². The second kappa shape index (κ2) is 6.38. The Balaban J connectivity index is 2.10. The van der Waals surface area contributed by atoms with E-state index in [0.29, 0.717) is 12.6 Å². The number of hydrogen-bond donors (Lipinski definition) is 2. The van der Waals surface area contributed by atoms with Gasteiger partial charge in [0.2, 0.25) is 0 Å². The van der Waals surface area contributed by atoms with Crippen LogP contribution in [0.2, 0.25) is 0 Å². The summed E-state index contributed by atoms with van der Waals surface area (Å²) in [5.74, 6) is 0. The van der Waals surface area contributed by atoms with E-state index >= 15 is 0 Å². The zero-order valence-electron chi connectivity index (χ0n) is 10.1. The number of halogens is 1. The summed E-state index contributed by atoms with van der Waals surface area (Å²) in [6.45, 7) is 2.84. The molecule has 0 bridgehead atoms. The predicted octanol–water partition coefficient (Wildman–Crippen LogP) is 2.76. The van der Waals surface area contributed by atoms with Crippen molar-refractivity contribution in [1.82, 2.24) is 5.32 Å². The second-order valence-electron chi connectivity index (χ2n) is 4.37. The lowest BCUT2D eigenvalue weighted by Gasteiger charge is -2.26. The predicted molar refractivity (Wildman–Crippen MR) is 74.4 cm³/mol. The average Bonchev–Trinajstić information content (AvgIpc) is 2.35. The minimum absolute atomic E-state index is 0.571. The van der Waals surface area contributed by atoms with Gasteiger partial charge < -0.3 is 15.4 Å². The van der Waals surface area contributed by atoms with Gasteiger partial charge in [0.25, 0.3) is 0 Å². The van der Waals surface area contributed by atoms with Crippen LogP contribution in [0.4, 0.5) is 5.69 Å². The summed E-state index contributed by atoms with van der Waals surface area (Å²) in [4.78, 5) is 0. The fourth-order valence-electron chi connectivity index (χ4n) is 2.17. The lowest BCUT2D eigenvalue weighted by Crippen LogP contribution is -2.35. The molecule has 1 fully saturated rings. The van der Waals surface area contributed by atoms with E-state index in [-0.39, 0.29) is 0 Å². The van der Waals surface area contributed by atoms with Crippen LogP contribution in [0.15, 0.2) is 22.7 Å². The lowest BCUT2D eigenvalue weighted by atomic mass is 10.1. The fraction of sp³-hybridized carbons (Fsp3) is 0.538. The molecule has 0 atom stereocenters. The first-order chi connectivity index (χ1) is 8.31. The van der Waals surface area contributed by atoms with Crippen LogP contribution in [0.3, 0.4) is 0 Å². The normalized spacial score (nSPS) is 17.1. The number of benzene rings is 1. The molecule has 1 aromatic rings. The Morgan fingerprint density at radius 1 is 1.41 bits per heavy atom. The molecule has 0 radical (unpaired) electrons. The first kappa shape index (κ1) is 12.9. The summed E-state index contributed by atoms with van der Waals surface area (Å²) in [6.07, 6.45) is 2.36. The van der Waals surface area contributed by atoms with Gasteiger partial charge in [-0.25, -0.2) is 0 Å². The quantitative estimate of drug-likeness (QED) is 0.897. The average molecular weight is 299 g/mol. The maximum absolute atomic E-state index is 5.26. The Labute approximate surface area is 111 Å². The summed E-state index contributed by atoms with van der Waals surface area (Å²) in [6, 6.07) is 6.82. The van der Waals surface area contributed by atoms with Crippen LogP contribution in [0.5, 0.6) is 0 Å². The van der Waals surface area contributed by atoms with E-state index in [1.165, 1.54) is 24.1 Å². The maximum Gasteiger partial charge on any atom is 0.0744 e. The van der Waals surface area contributed by atoms with Gasteiger partial charge >= 0.3 is 0 Å². The third-order valence-electron chi connectivity index (χ3n) is 3.11. The van der Waals surface area contributed by atoms with Gasteiger partial charge in [0.05, 0.1) is 6.61 Å². The van der Waals surface area contributed by atoms with Crippen molar-refractivity contribution in [2.45, 2.75) is 25.5 Å². The molecule has 2 rings (SSSR count). The number of hydrogen-bond acceptors (Lipinski definition) is 3. The van der Waals surface area contributed by atoms with E-state index in [4.69, 9.17) is 4.74 Å². The van der Waals surface area contributed by atoms with E-state index < -0.39 is 0 Å². The summed E-state index contributed by atoms with van der Waals surface area (Å²) >= 11 is 3.58. The monoisotopic (exact) mass is 298 g/mol. The van der Waals surface area contributed by atoms with Crippen LogP contribution in [0.25, 0.3) is 0 Å². The molecule has 0 aromatic heterocycles. The van der Waals surface area contributed by atoms with Gasteiger partial charge in [-0.1, -0.05) is 22.0 Å². The standard InChI is InChI=1S/C13H19BrN2O/c1-17-9-11-12(14)3-2-4-13(11)16-10-5-7-15-8-6-10/h2-4,10,15-16H,5-9H2,1H3. The molecule has 1 aliphatic rings. The molecule has 17 heavy (non-hydrogen) atoms. The van der Waals surface area contributed by atoms with Gasteiger partial charge in [0.15, 0.2) is 0 Å². The van der Waals surface area contributed by atoms with Crippen LogP contribution < -0.4 is 10.6 Å². The lowest BCUT2D eigenvalue weighted by molar-refractivity contribution is 0.185. The number of anilines is 1. The Morgan fingerprint density at radius 2 is 2.18 bits per heavy atom.